The second kappa shape index (κ2) is 9.61. The van der Waals surface area contributed by atoms with Crippen LogP contribution in [0.3, 0.4) is 0 Å². The molecule has 1 aliphatic heterocycles. The molecule has 35 heavy (non-hydrogen) atoms. The molecular weight excluding hydrogens is 442 g/mol. The summed E-state index contributed by atoms with van der Waals surface area (Å²) in [6, 6.07) is 14.7. The van der Waals surface area contributed by atoms with Crippen LogP contribution >= 0.6 is 0 Å². The zero-order valence-electron chi connectivity index (χ0n) is 20.2. The average Bonchev–Trinajstić information content (AvgIpc) is 3.36. The number of nitrogens with one attached hydrogen (secondary N) is 1. The van der Waals surface area contributed by atoms with Gasteiger partial charge in [0, 0.05) is 29.3 Å². The number of phenolic OH excluding ortho intramolecular Hbond substituents is 1. The summed E-state index contributed by atoms with van der Waals surface area (Å²) in [6.07, 6.45) is 4.80. The van der Waals surface area contributed by atoms with Gasteiger partial charge in [0.25, 0.3) is 0 Å². The van der Waals surface area contributed by atoms with Gasteiger partial charge in [0.1, 0.15) is 17.6 Å². The van der Waals surface area contributed by atoms with Gasteiger partial charge in [-0.1, -0.05) is 24.3 Å². The Kier molecular flexibility index (Phi) is 6.37. The lowest BCUT2D eigenvalue weighted by molar-refractivity contribution is -0.144. The molecule has 0 spiro atoms. The highest BCUT2D eigenvalue weighted by Crippen LogP contribution is 2.46. The van der Waals surface area contributed by atoms with Crippen LogP contribution in [0.1, 0.15) is 68.4 Å². The normalized spacial score (nSPS) is 22.6. The van der Waals surface area contributed by atoms with Gasteiger partial charge in [0.05, 0.1) is 12.7 Å². The summed E-state index contributed by atoms with van der Waals surface area (Å²) in [5.41, 5.74) is 4.39. The lowest BCUT2D eigenvalue weighted by Gasteiger charge is -2.37. The van der Waals surface area contributed by atoms with E-state index in [2.05, 4.69) is 5.32 Å². The maximum Gasteiger partial charge on any atom is 0.337 e. The smallest absolute Gasteiger partial charge is 0.337 e. The quantitative estimate of drug-likeness (QED) is 0.577. The van der Waals surface area contributed by atoms with E-state index >= 15 is 0 Å². The number of phenols is 1. The summed E-state index contributed by atoms with van der Waals surface area (Å²) in [5.74, 6) is -0.0391. The Hall–Kier alpha value is -3.54. The van der Waals surface area contributed by atoms with E-state index < -0.39 is 5.92 Å². The van der Waals surface area contributed by atoms with Gasteiger partial charge in [-0.2, -0.15) is 0 Å². The number of ether oxygens (including phenoxy) is 2. The van der Waals surface area contributed by atoms with Gasteiger partial charge in [-0.3, -0.25) is 4.79 Å². The maximum absolute atomic E-state index is 13.7. The minimum absolute atomic E-state index is 0.00609. The van der Waals surface area contributed by atoms with Gasteiger partial charge in [0.15, 0.2) is 5.78 Å². The predicted molar refractivity (Wildman–Crippen MR) is 132 cm³/mol. The van der Waals surface area contributed by atoms with E-state index in [1.54, 1.807) is 25.3 Å². The van der Waals surface area contributed by atoms with Crippen LogP contribution in [0.4, 0.5) is 0 Å². The van der Waals surface area contributed by atoms with Crippen molar-refractivity contribution in [3.8, 4) is 11.5 Å². The van der Waals surface area contributed by atoms with Crippen LogP contribution < -0.4 is 10.1 Å². The van der Waals surface area contributed by atoms with Crippen molar-refractivity contribution in [1.29, 1.82) is 0 Å². The molecule has 0 amide bonds. The highest BCUT2D eigenvalue weighted by Gasteiger charge is 2.42. The Morgan fingerprint density at radius 3 is 2.46 bits per heavy atom. The lowest BCUT2D eigenvalue weighted by Crippen LogP contribution is -2.36. The van der Waals surface area contributed by atoms with E-state index in [1.165, 1.54) is 0 Å². The fourth-order valence-corrected chi connectivity index (χ4v) is 5.68. The molecule has 0 bridgehead atoms. The van der Waals surface area contributed by atoms with E-state index in [9.17, 15) is 14.7 Å². The monoisotopic (exact) mass is 473 g/mol. The van der Waals surface area contributed by atoms with Crippen LogP contribution in [-0.4, -0.2) is 30.1 Å². The number of aromatic hydroxyl groups is 1. The number of benzene rings is 2. The molecule has 182 valence electrons. The van der Waals surface area contributed by atoms with Gasteiger partial charge >= 0.3 is 5.97 Å². The molecule has 5 rings (SSSR count). The minimum atomic E-state index is -0.573. The number of rotatable bonds is 5. The summed E-state index contributed by atoms with van der Waals surface area (Å²) >= 11 is 0. The molecule has 6 heteroatoms. The zero-order chi connectivity index (χ0) is 24.5. The standard InChI is InChI=1S/C29H31NO5/c1-17-26(29(33)35-23-8-3-4-9-23)27(19-6-5-7-21(31)14-19)28-24(30-17)15-20(16-25(28)32)18-10-12-22(34-2)13-11-18/h5-7,10-14,20,23,27,30-31H,3-4,8-9,15-16H2,1-2H3/t20-,27+/m1/s1. The van der Waals surface area contributed by atoms with E-state index in [0.29, 0.717) is 35.2 Å². The largest absolute Gasteiger partial charge is 0.508 e. The molecular formula is C29H31NO5. The first-order valence-corrected chi connectivity index (χ1v) is 12.3. The van der Waals surface area contributed by atoms with Crippen molar-refractivity contribution in [3.05, 3.63) is 82.2 Å². The van der Waals surface area contributed by atoms with Gasteiger partial charge in [-0.25, -0.2) is 4.79 Å². The third-order valence-corrected chi connectivity index (χ3v) is 7.41. The fraction of sp³-hybridized carbons (Fsp3) is 0.379. The maximum atomic E-state index is 13.7. The molecule has 2 atom stereocenters. The van der Waals surface area contributed by atoms with Crippen molar-refractivity contribution < 1.29 is 24.2 Å². The highest BCUT2D eigenvalue weighted by molar-refractivity contribution is 6.04. The number of allylic oxidation sites excluding steroid dienone is 3. The Morgan fingerprint density at radius 2 is 1.77 bits per heavy atom. The van der Waals surface area contributed by atoms with Crippen molar-refractivity contribution in [1.82, 2.24) is 5.32 Å². The number of carbonyl (C=O) groups excluding carboxylic acids is 2. The number of carbonyl (C=O) groups is 2. The first-order chi connectivity index (χ1) is 16.9. The minimum Gasteiger partial charge on any atom is -0.508 e. The highest BCUT2D eigenvalue weighted by atomic mass is 16.5. The molecule has 1 saturated carbocycles. The number of hydrogen-bond donors (Lipinski definition) is 2. The van der Waals surface area contributed by atoms with Gasteiger partial charge < -0.3 is 19.9 Å². The van der Waals surface area contributed by atoms with Crippen molar-refractivity contribution in [3.63, 3.8) is 0 Å². The van der Waals surface area contributed by atoms with E-state index in [4.69, 9.17) is 9.47 Å². The van der Waals surface area contributed by atoms with Crippen molar-refractivity contribution >= 4 is 11.8 Å². The Labute approximate surface area is 205 Å². The van der Waals surface area contributed by atoms with Crippen LogP contribution in [0.25, 0.3) is 0 Å². The molecule has 0 aromatic heterocycles. The van der Waals surface area contributed by atoms with Crippen LogP contribution in [0.2, 0.25) is 0 Å². The molecule has 2 aromatic rings. The summed E-state index contributed by atoms with van der Waals surface area (Å²) in [7, 11) is 1.63. The van der Waals surface area contributed by atoms with E-state index in [1.807, 2.05) is 37.3 Å². The molecule has 2 aromatic carbocycles. The zero-order valence-corrected chi connectivity index (χ0v) is 20.2. The Balaban J connectivity index is 1.52. The number of Topliss-reactive ketones (excluding diaryl/α,β-unsaturated/α-hetero) is 1. The first kappa shape index (κ1) is 23.2. The van der Waals surface area contributed by atoms with Crippen LogP contribution in [0, 0.1) is 0 Å². The van der Waals surface area contributed by atoms with Crippen LogP contribution in [0.15, 0.2) is 71.1 Å². The molecule has 1 fully saturated rings. The van der Waals surface area contributed by atoms with Crippen LogP contribution in [-0.2, 0) is 14.3 Å². The number of hydrogen-bond acceptors (Lipinski definition) is 6. The molecule has 3 aliphatic rings. The number of ketones is 1. The second-order valence-electron chi connectivity index (χ2n) is 9.70. The number of dihydropyridines is 1. The Bertz CT molecular complexity index is 1200. The topological polar surface area (TPSA) is 84.9 Å². The molecule has 0 radical (unpaired) electrons. The predicted octanol–water partition coefficient (Wildman–Crippen LogP) is 5.25. The number of methoxy groups -OCH3 is 1. The Morgan fingerprint density at radius 1 is 1.03 bits per heavy atom. The van der Waals surface area contributed by atoms with Crippen molar-refractivity contribution in [2.45, 2.75) is 63.4 Å². The third kappa shape index (κ3) is 4.57. The van der Waals surface area contributed by atoms with E-state index in [-0.39, 0.29) is 29.5 Å². The van der Waals surface area contributed by atoms with Crippen LogP contribution in [0.5, 0.6) is 11.5 Å². The second-order valence-corrected chi connectivity index (χ2v) is 9.70. The average molecular weight is 474 g/mol. The van der Waals surface area contributed by atoms with Crippen molar-refractivity contribution in [2.75, 3.05) is 7.11 Å². The fourth-order valence-electron chi connectivity index (χ4n) is 5.68. The van der Waals surface area contributed by atoms with Gasteiger partial charge in [-0.15, -0.1) is 0 Å². The summed E-state index contributed by atoms with van der Waals surface area (Å²) in [5, 5.41) is 13.6. The van der Waals surface area contributed by atoms with Crippen molar-refractivity contribution in [2.24, 2.45) is 0 Å². The first-order valence-electron chi connectivity index (χ1n) is 12.3. The molecule has 1 heterocycles. The summed E-state index contributed by atoms with van der Waals surface area (Å²) < 4.78 is 11.2. The van der Waals surface area contributed by atoms with Gasteiger partial charge in [0.2, 0.25) is 0 Å². The van der Waals surface area contributed by atoms with Gasteiger partial charge in [-0.05, 0) is 80.3 Å². The summed E-state index contributed by atoms with van der Waals surface area (Å²) in [4.78, 5) is 27.1. The molecule has 2 N–H and O–H groups in total. The molecule has 0 unspecified atom stereocenters. The number of esters is 1. The molecule has 2 aliphatic carbocycles. The third-order valence-electron chi connectivity index (χ3n) is 7.41. The lowest BCUT2D eigenvalue weighted by atomic mass is 9.71. The molecule has 6 nitrogen and oxygen atoms in total. The SMILES string of the molecule is COc1ccc([C@H]2CC(=O)C3=C(C2)NC(C)=C(C(=O)OC2CCCC2)[C@@H]3c2cccc(O)c2)cc1. The molecule has 0 saturated heterocycles. The van der Waals surface area contributed by atoms with E-state index in [0.717, 1.165) is 42.7 Å². The summed E-state index contributed by atoms with van der Waals surface area (Å²) in [6.45, 7) is 1.87.